The fraction of sp³-hybridized carbons (Fsp3) is 0.250. The lowest BCUT2D eigenvalue weighted by Gasteiger charge is -2.28. The number of sulfonamides is 1. The van der Waals surface area contributed by atoms with Crippen molar-refractivity contribution in [3.63, 3.8) is 0 Å². The molecule has 166 valence electrons. The maximum absolute atomic E-state index is 13.2. The summed E-state index contributed by atoms with van der Waals surface area (Å²) in [6, 6.07) is 15.8. The maximum atomic E-state index is 13.2. The minimum absolute atomic E-state index is 0.0311. The molecule has 0 N–H and O–H groups in total. The fourth-order valence-corrected chi connectivity index (χ4v) is 5.35. The van der Waals surface area contributed by atoms with E-state index >= 15 is 0 Å². The van der Waals surface area contributed by atoms with Crippen LogP contribution in [0.3, 0.4) is 0 Å². The molecule has 0 bridgehead atoms. The van der Waals surface area contributed by atoms with Crippen molar-refractivity contribution in [2.75, 3.05) is 13.2 Å². The highest BCUT2D eigenvalue weighted by Gasteiger charge is 2.29. The third-order valence-corrected chi connectivity index (χ3v) is 7.63. The lowest BCUT2D eigenvalue weighted by atomic mass is 10.0. The van der Waals surface area contributed by atoms with E-state index in [1.54, 1.807) is 12.4 Å². The van der Waals surface area contributed by atoms with Crippen molar-refractivity contribution in [2.24, 2.45) is 0 Å². The molecule has 0 saturated heterocycles. The van der Waals surface area contributed by atoms with Gasteiger partial charge in [0, 0.05) is 25.5 Å². The monoisotopic (exact) mass is 470 g/mol. The molecule has 0 radical (unpaired) electrons. The first-order chi connectivity index (χ1) is 15.4. The van der Waals surface area contributed by atoms with E-state index in [9.17, 15) is 13.2 Å². The molecule has 1 aliphatic heterocycles. The van der Waals surface area contributed by atoms with E-state index < -0.39 is 16.0 Å². The number of rotatable bonds is 7. The Morgan fingerprint density at radius 3 is 2.69 bits per heavy atom. The van der Waals surface area contributed by atoms with Gasteiger partial charge in [0.25, 0.3) is 0 Å². The molecule has 4 rings (SSSR count). The van der Waals surface area contributed by atoms with Gasteiger partial charge in [-0.05, 0) is 60.2 Å². The summed E-state index contributed by atoms with van der Waals surface area (Å²) < 4.78 is 33.2. The number of hydrogen-bond acceptors (Lipinski definition) is 5. The van der Waals surface area contributed by atoms with Gasteiger partial charge in [-0.3, -0.25) is 4.98 Å². The van der Waals surface area contributed by atoms with Crippen LogP contribution in [-0.4, -0.2) is 36.8 Å². The Morgan fingerprint density at radius 2 is 1.91 bits per heavy atom. The SMILES string of the molecule is O=C(OCCCc1cccnc1)c1cc(S(=O)(=O)N2CCc3ccccc3C2)ccc1Cl. The molecule has 6 nitrogen and oxygen atoms in total. The first kappa shape index (κ1) is 22.5. The van der Waals surface area contributed by atoms with Crippen molar-refractivity contribution in [2.45, 2.75) is 30.7 Å². The average molecular weight is 471 g/mol. The lowest BCUT2D eigenvalue weighted by molar-refractivity contribution is 0.0500. The van der Waals surface area contributed by atoms with E-state index in [1.165, 1.54) is 22.5 Å². The molecule has 0 spiro atoms. The number of aryl methyl sites for hydroxylation is 1. The number of benzene rings is 2. The molecule has 0 saturated carbocycles. The zero-order chi connectivity index (χ0) is 22.6. The molecule has 0 amide bonds. The molecule has 0 aliphatic carbocycles. The Bertz CT molecular complexity index is 1220. The highest BCUT2D eigenvalue weighted by atomic mass is 35.5. The highest BCUT2D eigenvalue weighted by molar-refractivity contribution is 7.89. The van der Waals surface area contributed by atoms with Gasteiger partial charge in [-0.15, -0.1) is 0 Å². The topological polar surface area (TPSA) is 76.6 Å². The average Bonchev–Trinajstić information content (AvgIpc) is 2.82. The Labute approximate surface area is 192 Å². The smallest absolute Gasteiger partial charge is 0.339 e. The number of ether oxygens (including phenoxy) is 1. The van der Waals surface area contributed by atoms with Gasteiger partial charge in [-0.25, -0.2) is 13.2 Å². The second-order valence-electron chi connectivity index (χ2n) is 7.60. The summed E-state index contributed by atoms with van der Waals surface area (Å²) >= 11 is 6.19. The van der Waals surface area contributed by atoms with Gasteiger partial charge in [0.1, 0.15) is 0 Å². The number of nitrogens with zero attached hydrogens (tertiary/aromatic N) is 2. The van der Waals surface area contributed by atoms with Crippen molar-refractivity contribution in [3.8, 4) is 0 Å². The normalized spacial score (nSPS) is 14.0. The number of aromatic nitrogens is 1. The third kappa shape index (κ3) is 5.01. The van der Waals surface area contributed by atoms with Crippen molar-refractivity contribution in [3.05, 3.63) is 94.3 Å². The van der Waals surface area contributed by atoms with Gasteiger partial charge in [0.2, 0.25) is 10.0 Å². The minimum Gasteiger partial charge on any atom is -0.462 e. The van der Waals surface area contributed by atoms with Crippen LogP contribution >= 0.6 is 11.6 Å². The number of carbonyl (C=O) groups excluding carboxylic acids is 1. The second-order valence-corrected chi connectivity index (χ2v) is 9.94. The van der Waals surface area contributed by atoms with E-state index in [0.717, 1.165) is 23.1 Å². The van der Waals surface area contributed by atoms with Crippen LogP contribution in [0.15, 0.2) is 71.9 Å². The van der Waals surface area contributed by atoms with Crippen molar-refractivity contribution in [1.82, 2.24) is 9.29 Å². The molecule has 8 heteroatoms. The summed E-state index contributed by atoms with van der Waals surface area (Å²) in [6.07, 6.45) is 5.47. The molecule has 2 aromatic carbocycles. The standard InChI is InChI=1S/C24H23ClN2O4S/c25-23-10-9-21(32(29,30)27-13-11-19-7-1-2-8-20(19)17-27)15-22(23)24(28)31-14-4-6-18-5-3-12-26-16-18/h1-3,5,7-10,12,15-16H,4,6,11,13-14,17H2. The predicted molar refractivity (Wildman–Crippen MR) is 122 cm³/mol. The van der Waals surface area contributed by atoms with Crippen LogP contribution in [0.4, 0.5) is 0 Å². The van der Waals surface area contributed by atoms with Crippen molar-refractivity contribution < 1.29 is 17.9 Å². The number of pyridine rings is 1. The number of esters is 1. The quantitative estimate of drug-likeness (QED) is 0.380. The molecule has 32 heavy (non-hydrogen) atoms. The van der Waals surface area contributed by atoms with Crippen LogP contribution in [0, 0.1) is 0 Å². The molecule has 3 aromatic rings. The predicted octanol–water partition coefficient (Wildman–Crippen LogP) is 4.27. The molecular weight excluding hydrogens is 448 g/mol. The van der Waals surface area contributed by atoms with Gasteiger partial charge >= 0.3 is 5.97 Å². The largest absolute Gasteiger partial charge is 0.462 e. The Balaban J connectivity index is 1.44. The molecule has 0 fully saturated rings. The third-order valence-electron chi connectivity index (χ3n) is 5.46. The molecule has 2 heterocycles. The summed E-state index contributed by atoms with van der Waals surface area (Å²) in [5.74, 6) is -0.637. The Morgan fingerprint density at radius 1 is 1.09 bits per heavy atom. The van der Waals surface area contributed by atoms with Gasteiger partial charge in [0.05, 0.1) is 22.1 Å². The molecule has 0 unspecified atom stereocenters. The first-order valence-corrected chi connectivity index (χ1v) is 12.2. The van der Waals surface area contributed by atoms with Crippen molar-refractivity contribution >= 4 is 27.6 Å². The van der Waals surface area contributed by atoms with Gasteiger partial charge in [-0.1, -0.05) is 41.9 Å². The Hall–Kier alpha value is -2.74. The van der Waals surface area contributed by atoms with E-state index in [-0.39, 0.29) is 22.1 Å². The van der Waals surface area contributed by atoms with Crippen LogP contribution in [0.25, 0.3) is 0 Å². The summed E-state index contributed by atoms with van der Waals surface area (Å²) in [7, 11) is -3.78. The van der Waals surface area contributed by atoms with Gasteiger partial charge < -0.3 is 4.74 Å². The maximum Gasteiger partial charge on any atom is 0.339 e. The van der Waals surface area contributed by atoms with E-state index in [2.05, 4.69) is 4.98 Å². The minimum atomic E-state index is -3.78. The zero-order valence-corrected chi connectivity index (χ0v) is 19.0. The molecule has 1 aliphatic rings. The second kappa shape index (κ2) is 9.81. The summed E-state index contributed by atoms with van der Waals surface area (Å²) in [5, 5.41) is 0.158. The number of fused-ring (bicyclic) bond motifs is 1. The van der Waals surface area contributed by atoms with E-state index in [0.29, 0.717) is 25.9 Å². The first-order valence-electron chi connectivity index (χ1n) is 10.4. The zero-order valence-electron chi connectivity index (χ0n) is 17.4. The highest BCUT2D eigenvalue weighted by Crippen LogP contribution is 2.27. The lowest BCUT2D eigenvalue weighted by Crippen LogP contribution is -2.36. The summed E-state index contributed by atoms with van der Waals surface area (Å²) in [4.78, 5) is 16.7. The van der Waals surface area contributed by atoms with Crippen LogP contribution in [-0.2, 0) is 34.1 Å². The van der Waals surface area contributed by atoms with E-state index in [4.69, 9.17) is 16.3 Å². The van der Waals surface area contributed by atoms with Crippen LogP contribution in [0.5, 0.6) is 0 Å². The fourth-order valence-electron chi connectivity index (χ4n) is 3.71. The van der Waals surface area contributed by atoms with Crippen LogP contribution in [0.1, 0.15) is 33.5 Å². The summed E-state index contributed by atoms with van der Waals surface area (Å²) in [5.41, 5.74) is 3.25. The molecular formula is C24H23ClN2O4S. The van der Waals surface area contributed by atoms with Crippen molar-refractivity contribution in [1.29, 1.82) is 0 Å². The molecule has 1 aromatic heterocycles. The van der Waals surface area contributed by atoms with Gasteiger partial charge in [-0.2, -0.15) is 4.31 Å². The van der Waals surface area contributed by atoms with Crippen LogP contribution < -0.4 is 0 Å². The molecule has 0 atom stereocenters. The number of halogens is 1. The van der Waals surface area contributed by atoms with E-state index in [1.807, 2.05) is 36.4 Å². The van der Waals surface area contributed by atoms with Crippen LogP contribution in [0.2, 0.25) is 5.02 Å². The summed E-state index contributed by atoms with van der Waals surface area (Å²) in [6.45, 7) is 0.884. The number of hydrogen-bond donors (Lipinski definition) is 0. The number of carbonyl (C=O) groups is 1. The van der Waals surface area contributed by atoms with Gasteiger partial charge in [0.15, 0.2) is 0 Å². The Kier molecular flexibility index (Phi) is 6.89.